The third-order valence-electron chi connectivity index (χ3n) is 2.04. The molecule has 84 valence electrons. The molecule has 1 aromatic heterocycles. The molecule has 1 heterocycles. The number of aromatic nitrogens is 2. The number of rotatable bonds is 5. The topological polar surface area (TPSA) is 67.2 Å². The largest absolute Gasteiger partial charge is 0.394 e. The highest BCUT2D eigenvalue weighted by atomic mass is 16.3. The van der Waals surface area contributed by atoms with Crippen molar-refractivity contribution in [1.82, 2.24) is 9.55 Å². The van der Waals surface area contributed by atoms with E-state index in [0.717, 1.165) is 6.42 Å². The molecule has 0 aromatic carbocycles. The highest BCUT2D eigenvalue weighted by molar-refractivity contribution is 5.31. The van der Waals surface area contributed by atoms with Gasteiger partial charge >= 0.3 is 0 Å². The minimum Gasteiger partial charge on any atom is -0.394 e. The van der Waals surface area contributed by atoms with Crippen LogP contribution < -0.4 is 10.9 Å². The van der Waals surface area contributed by atoms with Crippen molar-refractivity contribution in [3.63, 3.8) is 0 Å². The van der Waals surface area contributed by atoms with E-state index in [2.05, 4.69) is 10.3 Å². The summed E-state index contributed by atoms with van der Waals surface area (Å²) in [4.78, 5) is 15.7. The molecule has 0 bridgehead atoms. The Morgan fingerprint density at radius 2 is 2.40 bits per heavy atom. The molecular formula is C10H17N3O2. The number of anilines is 1. The number of aliphatic hydroxyl groups excluding tert-OH is 1. The summed E-state index contributed by atoms with van der Waals surface area (Å²) in [5.74, 6) is 0.299. The van der Waals surface area contributed by atoms with Crippen LogP contribution in [0.5, 0.6) is 0 Å². The molecule has 5 heteroatoms. The first kappa shape index (κ1) is 11.7. The molecule has 0 aliphatic carbocycles. The molecule has 1 rings (SSSR count). The second kappa shape index (κ2) is 5.50. The third-order valence-corrected chi connectivity index (χ3v) is 2.04. The molecular weight excluding hydrogens is 194 g/mol. The second-order valence-corrected chi connectivity index (χ2v) is 3.50. The van der Waals surface area contributed by atoms with Crippen LogP contribution in [0.15, 0.2) is 17.2 Å². The van der Waals surface area contributed by atoms with Gasteiger partial charge in [-0.1, -0.05) is 6.92 Å². The summed E-state index contributed by atoms with van der Waals surface area (Å²) >= 11 is 0. The van der Waals surface area contributed by atoms with Crippen molar-refractivity contribution in [2.75, 3.05) is 11.9 Å². The minimum atomic E-state index is -0.164. The van der Waals surface area contributed by atoms with E-state index in [1.54, 1.807) is 23.9 Å². The van der Waals surface area contributed by atoms with Crippen molar-refractivity contribution in [3.05, 3.63) is 22.7 Å². The number of nitrogens with one attached hydrogen (secondary N) is 1. The third kappa shape index (κ3) is 3.06. The first-order valence-electron chi connectivity index (χ1n) is 5.11. The first-order chi connectivity index (χ1) is 7.19. The van der Waals surface area contributed by atoms with E-state index >= 15 is 0 Å². The lowest BCUT2D eigenvalue weighted by Crippen LogP contribution is -2.29. The van der Waals surface area contributed by atoms with Crippen LogP contribution in [0, 0.1) is 0 Å². The first-order valence-corrected chi connectivity index (χ1v) is 5.11. The van der Waals surface area contributed by atoms with Gasteiger partial charge in [-0.25, -0.2) is 4.98 Å². The molecule has 0 spiro atoms. The zero-order valence-corrected chi connectivity index (χ0v) is 9.10. The van der Waals surface area contributed by atoms with Crippen LogP contribution in [0.1, 0.15) is 20.3 Å². The fourth-order valence-electron chi connectivity index (χ4n) is 1.24. The van der Waals surface area contributed by atoms with E-state index in [9.17, 15) is 4.79 Å². The van der Waals surface area contributed by atoms with E-state index in [4.69, 9.17) is 5.11 Å². The van der Waals surface area contributed by atoms with Gasteiger partial charge in [-0.2, -0.15) is 0 Å². The van der Waals surface area contributed by atoms with Crippen LogP contribution in [0.4, 0.5) is 5.82 Å². The average molecular weight is 211 g/mol. The zero-order valence-electron chi connectivity index (χ0n) is 9.10. The molecule has 0 saturated heterocycles. The lowest BCUT2D eigenvalue weighted by atomic mass is 10.3. The van der Waals surface area contributed by atoms with Crippen molar-refractivity contribution in [1.29, 1.82) is 0 Å². The summed E-state index contributed by atoms with van der Waals surface area (Å²) in [5.41, 5.74) is -0.139. The Morgan fingerprint density at radius 1 is 1.67 bits per heavy atom. The molecule has 2 N–H and O–H groups in total. The van der Waals surface area contributed by atoms with Crippen LogP contribution >= 0.6 is 0 Å². The molecule has 5 nitrogen and oxygen atoms in total. The normalized spacial score (nSPS) is 12.5. The van der Waals surface area contributed by atoms with E-state index in [0.29, 0.717) is 12.4 Å². The molecule has 0 aliphatic heterocycles. The lowest BCUT2D eigenvalue weighted by molar-refractivity contribution is 0.281. The summed E-state index contributed by atoms with van der Waals surface area (Å²) in [5, 5.41) is 11.7. The number of aliphatic hydroxyl groups is 1. The summed E-state index contributed by atoms with van der Waals surface area (Å²) in [7, 11) is 0. The predicted octanol–water partition coefficient (Wildman–Crippen LogP) is 0.446. The van der Waals surface area contributed by atoms with Gasteiger partial charge in [0, 0.05) is 25.0 Å². The Labute approximate surface area is 88.8 Å². The summed E-state index contributed by atoms with van der Waals surface area (Å²) < 4.78 is 1.61. The van der Waals surface area contributed by atoms with Gasteiger partial charge in [0.2, 0.25) is 0 Å². The summed E-state index contributed by atoms with van der Waals surface area (Å²) in [6, 6.07) is -0.164. The van der Waals surface area contributed by atoms with Gasteiger partial charge < -0.3 is 15.0 Å². The Kier molecular flexibility index (Phi) is 4.30. The van der Waals surface area contributed by atoms with Crippen molar-refractivity contribution in [3.8, 4) is 0 Å². The molecule has 0 saturated carbocycles. The highest BCUT2D eigenvalue weighted by Gasteiger charge is 2.06. The van der Waals surface area contributed by atoms with Crippen LogP contribution in [0.3, 0.4) is 0 Å². The average Bonchev–Trinajstić information content (AvgIpc) is 2.24. The molecule has 1 aromatic rings. The molecule has 0 radical (unpaired) electrons. The summed E-state index contributed by atoms with van der Waals surface area (Å²) in [6.07, 6.45) is 4.16. The highest BCUT2D eigenvalue weighted by Crippen LogP contribution is 1.96. The molecule has 0 fully saturated rings. The fraction of sp³-hybridized carbons (Fsp3) is 0.600. The van der Waals surface area contributed by atoms with E-state index in [1.807, 2.05) is 6.92 Å². The monoisotopic (exact) mass is 211 g/mol. The van der Waals surface area contributed by atoms with Crippen molar-refractivity contribution < 1.29 is 5.11 Å². The van der Waals surface area contributed by atoms with Crippen molar-refractivity contribution >= 4 is 5.82 Å². The van der Waals surface area contributed by atoms with Gasteiger partial charge in [-0.3, -0.25) is 4.79 Å². The van der Waals surface area contributed by atoms with E-state index in [1.165, 1.54) is 0 Å². The maximum Gasteiger partial charge on any atom is 0.293 e. The molecule has 15 heavy (non-hydrogen) atoms. The van der Waals surface area contributed by atoms with Gasteiger partial charge in [0.15, 0.2) is 5.82 Å². The Balaban J connectivity index is 2.89. The Bertz CT molecular complexity index is 362. The van der Waals surface area contributed by atoms with E-state index < -0.39 is 0 Å². The fourth-order valence-corrected chi connectivity index (χ4v) is 1.24. The SMILES string of the molecule is CCCn1ccnc(NC(C)CO)c1=O. The van der Waals surface area contributed by atoms with Crippen LogP contribution in [-0.4, -0.2) is 27.3 Å². The van der Waals surface area contributed by atoms with Crippen LogP contribution in [0.25, 0.3) is 0 Å². The minimum absolute atomic E-state index is 0.0240. The quantitative estimate of drug-likeness (QED) is 0.742. The Morgan fingerprint density at radius 3 is 3.00 bits per heavy atom. The van der Waals surface area contributed by atoms with Gasteiger partial charge in [-0.15, -0.1) is 0 Å². The number of aryl methyl sites for hydroxylation is 1. The standard InChI is InChI=1S/C10H17N3O2/c1-3-5-13-6-4-11-9(10(13)15)12-8(2)7-14/h4,6,8,14H,3,5,7H2,1-2H3,(H,11,12). The number of hydrogen-bond donors (Lipinski definition) is 2. The smallest absolute Gasteiger partial charge is 0.293 e. The van der Waals surface area contributed by atoms with Gasteiger partial charge in [-0.05, 0) is 13.3 Å². The molecule has 1 atom stereocenters. The van der Waals surface area contributed by atoms with E-state index in [-0.39, 0.29) is 18.2 Å². The zero-order chi connectivity index (χ0) is 11.3. The van der Waals surface area contributed by atoms with Crippen LogP contribution in [-0.2, 0) is 6.54 Å². The second-order valence-electron chi connectivity index (χ2n) is 3.50. The van der Waals surface area contributed by atoms with Gasteiger partial charge in [0.1, 0.15) is 0 Å². The molecule has 0 amide bonds. The molecule has 0 aliphatic rings. The van der Waals surface area contributed by atoms with Crippen molar-refractivity contribution in [2.24, 2.45) is 0 Å². The maximum atomic E-state index is 11.8. The summed E-state index contributed by atoms with van der Waals surface area (Å²) in [6.45, 7) is 4.46. The molecule has 1 unspecified atom stereocenters. The van der Waals surface area contributed by atoms with Gasteiger partial charge in [0.05, 0.1) is 6.61 Å². The maximum absolute atomic E-state index is 11.8. The predicted molar refractivity (Wildman–Crippen MR) is 59.0 cm³/mol. The number of nitrogens with zero attached hydrogens (tertiary/aromatic N) is 2. The van der Waals surface area contributed by atoms with Crippen LogP contribution in [0.2, 0.25) is 0 Å². The van der Waals surface area contributed by atoms with Gasteiger partial charge in [0.25, 0.3) is 5.56 Å². The lowest BCUT2D eigenvalue weighted by Gasteiger charge is -2.12. The van der Waals surface area contributed by atoms with Crippen molar-refractivity contribution in [2.45, 2.75) is 32.9 Å². The number of hydrogen-bond acceptors (Lipinski definition) is 4. The Hall–Kier alpha value is -1.36.